The van der Waals surface area contributed by atoms with Gasteiger partial charge in [-0.1, -0.05) is 32.1 Å². The first-order valence-electron chi connectivity index (χ1n) is 5.31. The Balaban J connectivity index is 2.54. The molecular weight excluding hydrogens is 240 g/mol. The molecule has 0 aliphatic carbocycles. The Labute approximate surface area is 104 Å². The van der Waals surface area contributed by atoms with Crippen LogP contribution >= 0.6 is 11.3 Å². The Morgan fingerprint density at radius 1 is 1.47 bits per heavy atom. The molecule has 17 heavy (non-hydrogen) atoms. The van der Waals surface area contributed by atoms with Crippen LogP contribution in [0.5, 0.6) is 0 Å². The summed E-state index contributed by atoms with van der Waals surface area (Å²) in [6, 6.07) is -0.688. The Bertz CT molecular complexity index is 386. The summed E-state index contributed by atoms with van der Waals surface area (Å²) in [6.07, 6.45) is 0. The van der Waals surface area contributed by atoms with Crippen LogP contribution in [0, 0.1) is 12.3 Å². The Hall–Kier alpha value is -1.21. The van der Waals surface area contributed by atoms with Crippen LogP contribution in [0.2, 0.25) is 0 Å². The van der Waals surface area contributed by atoms with Gasteiger partial charge in [0.05, 0.1) is 12.6 Å². The maximum Gasteiger partial charge on any atom is 0.321 e. The molecule has 0 aromatic carbocycles. The van der Waals surface area contributed by atoms with Crippen LogP contribution in [0.3, 0.4) is 0 Å². The Morgan fingerprint density at radius 2 is 2.12 bits per heavy atom. The molecule has 0 unspecified atom stereocenters. The van der Waals surface area contributed by atoms with Crippen molar-refractivity contribution in [2.24, 2.45) is 5.41 Å². The van der Waals surface area contributed by atoms with Crippen LogP contribution in [0.1, 0.15) is 25.8 Å². The highest BCUT2D eigenvalue weighted by molar-refractivity contribution is 7.15. The minimum atomic E-state index is -0.380. The molecule has 6 nitrogen and oxygen atoms in total. The lowest BCUT2D eigenvalue weighted by molar-refractivity contribution is 0.162. The lowest BCUT2D eigenvalue weighted by atomic mass is 9.87. The van der Waals surface area contributed by atoms with E-state index < -0.39 is 0 Å². The molecule has 0 bridgehead atoms. The second kappa shape index (κ2) is 5.42. The number of nitrogens with one attached hydrogen (secondary N) is 2. The van der Waals surface area contributed by atoms with Gasteiger partial charge >= 0.3 is 6.03 Å². The van der Waals surface area contributed by atoms with Crippen LogP contribution in [-0.2, 0) is 0 Å². The monoisotopic (exact) mass is 258 g/mol. The van der Waals surface area contributed by atoms with Gasteiger partial charge in [-0.3, -0.25) is 5.32 Å². The molecule has 0 saturated heterocycles. The van der Waals surface area contributed by atoms with Gasteiger partial charge in [0.15, 0.2) is 0 Å². The topological polar surface area (TPSA) is 87.1 Å². The van der Waals surface area contributed by atoms with Crippen molar-refractivity contribution in [1.29, 1.82) is 0 Å². The van der Waals surface area contributed by atoms with E-state index in [0.29, 0.717) is 5.13 Å². The fourth-order valence-electron chi connectivity index (χ4n) is 1.17. The van der Waals surface area contributed by atoms with Crippen molar-refractivity contribution in [1.82, 2.24) is 15.5 Å². The molecule has 1 heterocycles. The van der Waals surface area contributed by atoms with Gasteiger partial charge in [0.1, 0.15) is 5.01 Å². The minimum absolute atomic E-state index is 0.105. The summed E-state index contributed by atoms with van der Waals surface area (Å²) in [6.45, 7) is 7.55. The summed E-state index contributed by atoms with van der Waals surface area (Å²) in [5.41, 5.74) is -0.205. The Morgan fingerprint density at radius 3 is 2.53 bits per heavy atom. The molecule has 0 radical (unpaired) electrons. The number of urea groups is 1. The number of aryl methyl sites for hydroxylation is 1. The molecule has 0 spiro atoms. The molecule has 0 aliphatic rings. The van der Waals surface area contributed by atoms with E-state index in [1.54, 1.807) is 0 Å². The first-order valence-corrected chi connectivity index (χ1v) is 6.13. The van der Waals surface area contributed by atoms with Gasteiger partial charge in [-0.05, 0) is 12.3 Å². The number of carbonyl (C=O) groups excluding carboxylic acids is 1. The van der Waals surface area contributed by atoms with Gasteiger partial charge in [0, 0.05) is 0 Å². The molecule has 1 atom stereocenters. The summed E-state index contributed by atoms with van der Waals surface area (Å²) in [4.78, 5) is 11.6. The third-order valence-corrected chi connectivity index (χ3v) is 3.03. The average Bonchev–Trinajstić information content (AvgIpc) is 2.58. The molecule has 1 rings (SSSR count). The van der Waals surface area contributed by atoms with E-state index in [9.17, 15) is 9.90 Å². The van der Waals surface area contributed by atoms with Crippen LogP contribution in [-0.4, -0.2) is 34.0 Å². The number of amides is 2. The largest absolute Gasteiger partial charge is 0.394 e. The highest BCUT2D eigenvalue weighted by Gasteiger charge is 2.25. The number of aliphatic hydroxyl groups is 1. The summed E-state index contributed by atoms with van der Waals surface area (Å²) in [5, 5.41) is 23.3. The van der Waals surface area contributed by atoms with Crippen LogP contribution < -0.4 is 10.6 Å². The lowest BCUT2D eigenvalue weighted by Gasteiger charge is -2.29. The fraction of sp³-hybridized carbons (Fsp3) is 0.700. The highest BCUT2D eigenvalue weighted by atomic mass is 32.1. The van der Waals surface area contributed by atoms with Gasteiger partial charge in [-0.15, -0.1) is 10.2 Å². The van der Waals surface area contributed by atoms with Gasteiger partial charge in [0.25, 0.3) is 0 Å². The summed E-state index contributed by atoms with van der Waals surface area (Å²) >= 11 is 1.30. The number of carbonyl (C=O) groups is 1. The van der Waals surface area contributed by atoms with Crippen molar-refractivity contribution < 1.29 is 9.90 Å². The molecule has 0 fully saturated rings. The SMILES string of the molecule is Cc1nnc(NC(=O)N[C@H](CO)C(C)(C)C)s1. The predicted octanol–water partition coefficient (Wildman–Crippen LogP) is 1.38. The first-order chi connectivity index (χ1) is 7.82. The van der Waals surface area contributed by atoms with Crippen molar-refractivity contribution >= 4 is 22.5 Å². The van der Waals surface area contributed by atoms with Crippen LogP contribution in [0.25, 0.3) is 0 Å². The van der Waals surface area contributed by atoms with Crippen molar-refractivity contribution in [3.8, 4) is 0 Å². The molecule has 0 aliphatic heterocycles. The van der Waals surface area contributed by atoms with Crippen LogP contribution in [0.4, 0.5) is 9.93 Å². The van der Waals surface area contributed by atoms with E-state index in [1.807, 2.05) is 27.7 Å². The predicted molar refractivity (Wildman–Crippen MR) is 67.1 cm³/mol. The van der Waals surface area contributed by atoms with Gasteiger partial charge < -0.3 is 10.4 Å². The van der Waals surface area contributed by atoms with Crippen molar-refractivity contribution in [3.05, 3.63) is 5.01 Å². The standard InChI is InChI=1S/C10H18N4O2S/c1-6-13-14-9(17-6)12-8(16)11-7(5-15)10(2,3)4/h7,15H,5H2,1-4H3,(H2,11,12,14,16)/t7-/m1/s1. The van der Waals surface area contributed by atoms with Crippen LogP contribution in [0.15, 0.2) is 0 Å². The highest BCUT2D eigenvalue weighted by Crippen LogP contribution is 2.19. The first kappa shape index (κ1) is 13.9. The van der Waals surface area contributed by atoms with Crippen molar-refractivity contribution in [2.45, 2.75) is 33.7 Å². The third kappa shape index (κ3) is 4.27. The maximum atomic E-state index is 11.6. The quantitative estimate of drug-likeness (QED) is 0.764. The Kier molecular flexibility index (Phi) is 4.41. The average molecular weight is 258 g/mol. The fourth-order valence-corrected chi connectivity index (χ4v) is 1.76. The summed E-state index contributed by atoms with van der Waals surface area (Å²) < 4.78 is 0. The zero-order valence-corrected chi connectivity index (χ0v) is 11.3. The molecule has 96 valence electrons. The summed E-state index contributed by atoms with van der Waals surface area (Å²) in [7, 11) is 0. The normalized spacial score (nSPS) is 13.2. The molecule has 1 aromatic rings. The second-order valence-electron chi connectivity index (χ2n) is 4.83. The molecule has 2 amide bonds. The second-order valence-corrected chi connectivity index (χ2v) is 6.01. The van der Waals surface area contributed by atoms with E-state index >= 15 is 0 Å². The smallest absolute Gasteiger partial charge is 0.321 e. The van der Waals surface area contributed by atoms with Gasteiger partial charge in [-0.2, -0.15) is 0 Å². The number of aliphatic hydroxyl groups excluding tert-OH is 1. The molecular formula is C10H18N4O2S. The minimum Gasteiger partial charge on any atom is -0.394 e. The number of aromatic nitrogens is 2. The molecule has 3 N–H and O–H groups in total. The zero-order valence-electron chi connectivity index (χ0n) is 10.4. The molecule has 7 heteroatoms. The van der Waals surface area contributed by atoms with Crippen molar-refractivity contribution in [2.75, 3.05) is 11.9 Å². The summed E-state index contributed by atoms with van der Waals surface area (Å²) in [5.74, 6) is 0. The number of hydrogen-bond acceptors (Lipinski definition) is 5. The van der Waals surface area contributed by atoms with Gasteiger partial charge in [0.2, 0.25) is 5.13 Å². The van der Waals surface area contributed by atoms with Gasteiger partial charge in [-0.25, -0.2) is 4.79 Å². The van der Waals surface area contributed by atoms with E-state index in [-0.39, 0.29) is 24.1 Å². The number of nitrogens with zero attached hydrogens (tertiary/aromatic N) is 2. The number of hydrogen-bond donors (Lipinski definition) is 3. The van der Waals surface area contributed by atoms with E-state index in [0.717, 1.165) is 5.01 Å². The molecule has 1 aromatic heterocycles. The molecule has 0 saturated carbocycles. The lowest BCUT2D eigenvalue weighted by Crippen LogP contribution is -2.47. The number of rotatable bonds is 3. The third-order valence-electron chi connectivity index (χ3n) is 2.28. The number of anilines is 1. The van der Waals surface area contributed by atoms with E-state index in [1.165, 1.54) is 11.3 Å². The zero-order chi connectivity index (χ0) is 13.1. The maximum absolute atomic E-state index is 11.6. The van der Waals surface area contributed by atoms with E-state index in [2.05, 4.69) is 20.8 Å². The van der Waals surface area contributed by atoms with E-state index in [4.69, 9.17) is 0 Å². The van der Waals surface area contributed by atoms with Crippen molar-refractivity contribution in [3.63, 3.8) is 0 Å².